The minimum atomic E-state index is -0.642. The smallest absolute Gasteiger partial charge is 0.351 e. The first kappa shape index (κ1) is 14.7. The molecule has 1 aromatic carbocycles. The highest BCUT2D eigenvalue weighted by atomic mass is 35.5. The summed E-state index contributed by atoms with van der Waals surface area (Å²) < 4.78 is 31.6. The first-order chi connectivity index (χ1) is 9.42. The maximum Gasteiger partial charge on any atom is 0.351 e. The third kappa shape index (κ3) is 2.88. The van der Waals surface area contributed by atoms with E-state index in [-0.39, 0.29) is 26.4 Å². The van der Waals surface area contributed by atoms with Crippen LogP contribution in [0.25, 0.3) is 0 Å². The van der Waals surface area contributed by atoms with Crippen molar-refractivity contribution in [3.8, 4) is 0 Å². The van der Waals surface area contributed by atoms with Gasteiger partial charge in [-0.05, 0) is 18.6 Å². The van der Waals surface area contributed by atoms with Crippen LogP contribution in [0.5, 0.6) is 0 Å². The Morgan fingerprint density at radius 1 is 1.40 bits per heavy atom. The molecule has 106 valence electrons. The maximum absolute atomic E-state index is 13.7. The summed E-state index contributed by atoms with van der Waals surface area (Å²) in [5, 5.41) is 2.69. The molecule has 1 aromatic heterocycles. The topological polar surface area (TPSA) is 51.2 Å². The van der Waals surface area contributed by atoms with E-state index in [1.807, 2.05) is 0 Å². The fourth-order valence-electron chi connectivity index (χ4n) is 1.43. The zero-order valence-electron chi connectivity index (χ0n) is 10.5. The molecule has 0 saturated heterocycles. The summed E-state index contributed by atoms with van der Waals surface area (Å²) >= 11 is 6.66. The van der Waals surface area contributed by atoms with Gasteiger partial charge in [-0.1, -0.05) is 22.9 Å². The highest BCUT2D eigenvalue weighted by molar-refractivity contribution is 7.18. The number of nitrogens with zero attached hydrogens (tertiary/aromatic N) is 1. The maximum atomic E-state index is 13.7. The molecule has 0 aliphatic carbocycles. The van der Waals surface area contributed by atoms with Gasteiger partial charge in [-0.25, -0.2) is 18.6 Å². The van der Waals surface area contributed by atoms with Crippen molar-refractivity contribution < 1.29 is 18.3 Å². The van der Waals surface area contributed by atoms with Gasteiger partial charge in [0.25, 0.3) is 0 Å². The van der Waals surface area contributed by atoms with Gasteiger partial charge < -0.3 is 10.1 Å². The highest BCUT2D eigenvalue weighted by Crippen LogP contribution is 2.31. The van der Waals surface area contributed by atoms with Gasteiger partial charge in [-0.15, -0.1) is 0 Å². The molecule has 2 rings (SSSR count). The minimum absolute atomic E-state index is 0.0580. The van der Waals surface area contributed by atoms with Gasteiger partial charge in [-0.3, -0.25) is 0 Å². The standard InChI is InChI=1S/C12H9ClF2N2O2S/c1-5-3-7(15)8(4-6(5)14)16-12-17-10(13)9(20-12)11(18)19-2/h3-4H,1-2H3,(H,16,17). The van der Waals surface area contributed by atoms with Crippen molar-refractivity contribution in [1.29, 1.82) is 0 Å². The molecule has 1 N–H and O–H groups in total. The SMILES string of the molecule is COC(=O)c1sc(Nc2cc(F)c(C)cc2F)nc1Cl. The van der Waals surface area contributed by atoms with Gasteiger partial charge in [0.15, 0.2) is 15.2 Å². The minimum Gasteiger partial charge on any atom is -0.465 e. The number of ether oxygens (including phenoxy) is 1. The zero-order chi connectivity index (χ0) is 14.9. The summed E-state index contributed by atoms with van der Waals surface area (Å²) in [7, 11) is 1.21. The molecule has 20 heavy (non-hydrogen) atoms. The molecule has 0 unspecified atom stereocenters. The van der Waals surface area contributed by atoms with Crippen LogP contribution in [0.15, 0.2) is 12.1 Å². The molecule has 2 aromatic rings. The second kappa shape index (κ2) is 5.72. The van der Waals surface area contributed by atoms with Crippen molar-refractivity contribution in [2.75, 3.05) is 12.4 Å². The van der Waals surface area contributed by atoms with Gasteiger partial charge in [0, 0.05) is 6.07 Å². The Balaban J connectivity index is 2.31. The first-order valence-corrected chi connectivity index (χ1v) is 6.59. The quantitative estimate of drug-likeness (QED) is 0.872. The molecule has 0 amide bonds. The van der Waals surface area contributed by atoms with Crippen molar-refractivity contribution in [3.63, 3.8) is 0 Å². The van der Waals surface area contributed by atoms with E-state index >= 15 is 0 Å². The number of aryl methyl sites for hydroxylation is 1. The lowest BCUT2D eigenvalue weighted by atomic mass is 10.2. The van der Waals surface area contributed by atoms with Gasteiger partial charge in [-0.2, -0.15) is 0 Å². The van der Waals surface area contributed by atoms with Crippen molar-refractivity contribution >= 4 is 39.7 Å². The molecule has 0 bridgehead atoms. The molecular weight excluding hydrogens is 310 g/mol. The van der Waals surface area contributed by atoms with Gasteiger partial charge in [0.05, 0.1) is 12.8 Å². The molecule has 4 nitrogen and oxygen atoms in total. The average molecular weight is 319 g/mol. The average Bonchev–Trinajstić information content (AvgIpc) is 2.76. The van der Waals surface area contributed by atoms with Crippen LogP contribution >= 0.6 is 22.9 Å². The van der Waals surface area contributed by atoms with E-state index in [4.69, 9.17) is 11.6 Å². The Kier molecular flexibility index (Phi) is 4.20. The Bertz CT molecular complexity index is 676. The van der Waals surface area contributed by atoms with Crippen LogP contribution in [-0.2, 0) is 4.74 Å². The third-order valence-corrected chi connectivity index (χ3v) is 3.78. The lowest BCUT2D eigenvalue weighted by molar-refractivity contribution is 0.0606. The number of aromatic nitrogens is 1. The van der Waals surface area contributed by atoms with Crippen LogP contribution in [0.3, 0.4) is 0 Å². The zero-order valence-corrected chi connectivity index (χ0v) is 12.0. The summed E-state index contributed by atoms with van der Waals surface area (Å²) in [6, 6.07) is 2.08. The van der Waals surface area contributed by atoms with Crippen LogP contribution in [0.2, 0.25) is 5.15 Å². The number of methoxy groups -OCH3 is 1. The molecule has 0 fully saturated rings. The molecule has 0 spiro atoms. The number of thiazole rings is 1. The van der Waals surface area contributed by atoms with Crippen LogP contribution < -0.4 is 5.32 Å². The van der Waals surface area contributed by atoms with Crippen LogP contribution in [-0.4, -0.2) is 18.1 Å². The number of rotatable bonds is 3. The van der Waals surface area contributed by atoms with Crippen molar-refractivity contribution in [3.05, 3.63) is 39.4 Å². The number of hydrogen-bond donors (Lipinski definition) is 1. The lowest BCUT2D eigenvalue weighted by Gasteiger charge is -2.05. The molecule has 0 aliphatic rings. The number of nitrogens with one attached hydrogen (secondary N) is 1. The van der Waals surface area contributed by atoms with Gasteiger partial charge in [0.2, 0.25) is 0 Å². The Labute approximate surface area is 122 Å². The fraction of sp³-hybridized carbons (Fsp3) is 0.167. The van der Waals surface area contributed by atoms with Crippen molar-refractivity contribution in [2.24, 2.45) is 0 Å². The van der Waals surface area contributed by atoms with Crippen LogP contribution in [0.4, 0.5) is 19.6 Å². The summed E-state index contributed by atoms with van der Waals surface area (Å²) in [6.45, 7) is 1.46. The van der Waals surface area contributed by atoms with E-state index in [0.717, 1.165) is 23.5 Å². The van der Waals surface area contributed by atoms with Crippen molar-refractivity contribution in [2.45, 2.75) is 6.92 Å². The summed E-state index contributed by atoms with van der Waals surface area (Å²) in [6.07, 6.45) is 0. The fourth-order valence-corrected chi connectivity index (χ4v) is 2.55. The third-order valence-electron chi connectivity index (χ3n) is 2.45. The van der Waals surface area contributed by atoms with E-state index < -0.39 is 17.6 Å². The van der Waals surface area contributed by atoms with E-state index in [0.29, 0.717) is 0 Å². The van der Waals surface area contributed by atoms with Crippen LogP contribution in [0.1, 0.15) is 15.2 Å². The monoisotopic (exact) mass is 318 g/mol. The van der Waals surface area contributed by atoms with Gasteiger partial charge >= 0.3 is 5.97 Å². The Morgan fingerprint density at radius 3 is 2.75 bits per heavy atom. The number of hydrogen-bond acceptors (Lipinski definition) is 5. The number of halogens is 3. The van der Waals surface area contributed by atoms with E-state index in [1.54, 1.807) is 0 Å². The second-order valence-corrected chi connectivity index (χ2v) is 5.19. The molecular formula is C12H9ClF2N2O2S. The highest BCUT2D eigenvalue weighted by Gasteiger charge is 2.18. The molecule has 0 atom stereocenters. The van der Waals surface area contributed by atoms with E-state index in [1.165, 1.54) is 14.0 Å². The lowest BCUT2D eigenvalue weighted by Crippen LogP contribution is -1.98. The summed E-state index contributed by atoms with van der Waals surface area (Å²) in [4.78, 5) is 15.3. The van der Waals surface area contributed by atoms with E-state index in [2.05, 4.69) is 15.0 Å². The summed E-state index contributed by atoms with van der Waals surface area (Å²) in [5.41, 5.74) is 0.107. The molecule has 1 heterocycles. The molecule has 0 radical (unpaired) electrons. The molecule has 8 heteroatoms. The predicted octanol–water partition coefficient (Wildman–Crippen LogP) is 3.91. The Morgan fingerprint density at radius 2 is 2.10 bits per heavy atom. The summed E-state index contributed by atoms with van der Waals surface area (Å²) in [5.74, 6) is -1.82. The largest absolute Gasteiger partial charge is 0.465 e. The van der Waals surface area contributed by atoms with Gasteiger partial charge in [0.1, 0.15) is 11.6 Å². The molecule has 0 saturated carbocycles. The van der Waals surface area contributed by atoms with Crippen LogP contribution in [0, 0.1) is 18.6 Å². The number of esters is 1. The first-order valence-electron chi connectivity index (χ1n) is 5.39. The number of anilines is 2. The Hall–Kier alpha value is -1.73. The number of carbonyl (C=O) groups is 1. The normalized spacial score (nSPS) is 10.4. The second-order valence-electron chi connectivity index (χ2n) is 3.84. The van der Waals surface area contributed by atoms with Crippen molar-refractivity contribution in [1.82, 2.24) is 4.98 Å². The van der Waals surface area contributed by atoms with E-state index in [9.17, 15) is 13.6 Å². The predicted molar refractivity (Wildman–Crippen MR) is 72.8 cm³/mol. The molecule has 0 aliphatic heterocycles. The number of carbonyl (C=O) groups excluding carboxylic acids is 1. The number of benzene rings is 1.